The van der Waals surface area contributed by atoms with Crippen molar-refractivity contribution in [3.8, 4) is 11.1 Å². The van der Waals surface area contributed by atoms with E-state index in [1.807, 2.05) is 22.8 Å². The number of nitrogens with two attached hydrogens (primary N) is 1. The number of nitrogens with one attached hydrogen (secondary N) is 1. The molecule has 0 aliphatic heterocycles. The summed E-state index contributed by atoms with van der Waals surface area (Å²) < 4.78 is 2.04. The number of rotatable bonds is 9. The van der Waals surface area contributed by atoms with Crippen LogP contribution in [0.4, 0.5) is 11.5 Å². The predicted molar refractivity (Wildman–Crippen MR) is 135 cm³/mol. The molecular formula is C23H24ClN7O2S. The summed E-state index contributed by atoms with van der Waals surface area (Å²) in [5.41, 5.74) is 8.82. The summed E-state index contributed by atoms with van der Waals surface area (Å²) in [4.78, 5) is 24.8. The van der Waals surface area contributed by atoms with Crippen molar-refractivity contribution in [2.24, 2.45) is 0 Å². The van der Waals surface area contributed by atoms with Gasteiger partial charge in [-0.05, 0) is 42.3 Å². The molecule has 0 amide bonds. The van der Waals surface area contributed by atoms with Crippen LogP contribution < -0.4 is 11.1 Å². The van der Waals surface area contributed by atoms with Gasteiger partial charge in [0.05, 0.1) is 4.92 Å². The highest BCUT2D eigenvalue weighted by atomic mass is 35.5. The molecule has 0 saturated heterocycles. The number of aryl methyl sites for hydroxylation is 1. The summed E-state index contributed by atoms with van der Waals surface area (Å²) in [6.07, 6.45) is 2.33. The van der Waals surface area contributed by atoms with Gasteiger partial charge in [-0.25, -0.2) is 15.0 Å². The van der Waals surface area contributed by atoms with E-state index in [9.17, 15) is 10.1 Å². The summed E-state index contributed by atoms with van der Waals surface area (Å²) in [5.74, 6) is 0.328. The molecule has 4 aromatic rings. The Bertz CT molecular complexity index is 1340. The first-order valence-corrected chi connectivity index (χ1v) is 11.9. The zero-order chi connectivity index (χ0) is 24.2. The Morgan fingerprint density at radius 3 is 2.79 bits per heavy atom. The zero-order valence-corrected chi connectivity index (χ0v) is 20.3. The third-order valence-electron chi connectivity index (χ3n) is 5.11. The van der Waals surface area contributed by atoms with Crippen LogP contribution in [-0.4, -0.2) is 37.0 Å². The minimum absolute atomic E-state index is 0.0255. The van der Waals surface area contributed by atoms with Crippen molar-refractivity contribution in [2.75, 3.05) is 12.3 Å². The Morgan fingerprint density at radius 1 is 1.21 bits per heavy atom. The fourth-order valence-corrected chi connectivity index (χ4v) is 4.84. The first-order chi connectivity index (χ1) is 16.3. The van der Waals surface area contributed by atoms with Gasteiger partial charge >= 0.3 is 0 Å². The summed E-state index contributed by atoms with van der Waals surface area (Å²) >= 11 is 7.86. The lowest BCUT2D eigenvalue weighted by Gasteiger charge is -2.11. The lowest BCUT2D eigenvalue weighted by atomic mass is 10.1. The molecule has 3 N–H and O–H groups in total. The lowest BCUT2D eigenvalue weighted by Crippen LogP contribution is -2.24. The first kappa shape index (κ1) is 23.9. The van der Waals surface area contributed by atoms with E-state index in [4.69, 9.17) is 22.3 Å². The third kappa shape index (κ3) is 5.46. The van der Waals surface area contributed by atoms with E-state index in [-0.39, 0.29) is 5.69 Å². The molecule has 4 rings (SSSR count). The van der Waals surface area contributed by atoms with Gasteiger partial charge in [0.15, 0.2) is 22.1 Å². The molecule has 0 fully saturated rings. The van der Waals surface area contributed by atoms with Gasteiger partial charge in [0.1, 0.15) is 6.33 Å². The number of nitro benzene ring substituents is 1. The van der Waals surface area contributed by atoms with Crippen molar-refractivity contribution in [1.82, 2.24) is 24.8 Å². The Hall–Kier alpha value is -3.21. The molecule has 0 unspecified atom stereocenters. The minimum Gasteiger partial charge on any atom is -0.382 e. The molecule has 0 saturated carbocycles. The lowest BCUT2D eigenvalue weighted by molar-refractivity contribution is -0.384. The van der Waals surface area contributed by atoms with E-state index >= 15 is 0 Å². The number of imidazole rings is 1. The molecule has 9 nitrogen and oxygen atoms in total. The quantitative estimate of drug-likeness (QED) is 0.184. The van der Waals surface area contributed by atoms with Crippen molar-refractivity contribution in [2.45, 2.75) is 42.9 Å². The first-order valence-electron chi connectivity index (χ1n) is 10.7. The van der Waals surface area contributed by atoms with Gasteiger partial charge in [-0.3, -0.25) is 10.1 Å². The minimum atomic E-state index is -0.411. The van der Waals surface area contributed by atoms with Crippen molar-refractivity contribution in [3.05, 3.63) is 63.9 Å². The number of nitrogens with zero attached hydrogens (tertiary/aromatic N) is 5. The molecule has 0 aliphatic carbocycles. The van der Waals surface area contributed by atoms with Gasteiger partial charge in [0, 0.05) is 34.6 Å². The zero-order valence-electron chi connectivity index (χ0n) is 18.7. The van der Waals surface area contributed by atoms with Crippen molar-refractivity contribution in [3.63, 3.8) is 0 Å². The molecular weight excluding hydrogens is 474 g/mol. The summed E-state index contributed by atoms with van der Waals surface area (Å²) in [5, 5.41) is 15.9. The van der Waals surface area contributed by atoms with Gasteiger partial charge in [-0.2, -0.15) is 0 Å². The number of halogens is 1. The number of nitro groups is 1. The maximum atomic E-state index is 11.2. The standard InChI is InChI=1S/C23H24ClN7O2S/c1-14(2)26-7-4-8-30-22-20(21(25)27-13-28-22)29-23(30)34-19-11-16(9-17(24)12-19)15-5-3-6-18(10-15)31(32)33/h3,5-6,9-14,26H,4,7-8H2,1-2H3,(H2,25,27,28). The molecule has 34 heavy (non-hydrogen) atoms. The van der Waals surface area contributed by atoms with Crippen molar-refractivity contribution >= 4 is 46.0 Å². The second kappa shape index (κ2) is 10.4. The number of nitrogen functional groups attached to an aromatic ring is 1. The van der Waals surface area contributed by atoms with E-state index in [1.165, 1.54) is 30.2 Å². The maximum Gasteiger partial charge on any atom is 0.270 e. The molecule has 0 aliphatic rings. The number of hydrogen-bond donors (Lipinski definition) is 2. The average Bonchev–Trinajstić information content (AvgIpc) is 3.14. The van der Waals surface area contributed by atoms with Crippen molar-refractivity contribution < 1.29 is 4.92 Å². The Labute approximate surface area is 205 Å². The Morgan fingerprint density at radius 2 is 2.03 bits per heavy atom. The smallest absolute Gasteiger partial charge is 0.270 e. The van der Waals surface area contributed by atoms with E-state index in [0.717, 1.165) is 28.6 Å². The number of fused-ring (bicyclic) bond motifs is 1. The van der Waals surface area contributed by atoms with Gasteiger partial charge in [-0.15, -0.1) is 0 Å². The van der Waals surface area contributed by atoms with Crippen LogP contribution in [0.15, 0.2) is 58.8 Å². The van der Waals surface area contributed by atoms with Crippen LogP contribution in [0.2, 0.25) is 5.02 Å². The van der Waals surface area contributed by atoms with E-state index in [1.54, 1.807) is 12.1 Å². The van der Waals surface area contributed by atoms with Crippen LogP contribution in [-0.2, 0) is 6.54 Å². The molecule has 2 aromatic heterocycles. The third-order valence-corrected chi connectivity index (χ3v) is 6.29. The highest BCUT2D eigenvalue weighted by molar-refractivity contribution is 7.99. The largest absolute Gasteiger partial charge is 0.382 e. The van der Waals surface area contributed by atoms with Gasteiger partial charge < -0.3 is 15.6 Å². The highest BCUT2D eigenvalue weighted by Crippen LogP contribution is 2.36. The van der Waals surface area contributed by atoms with E-state index in [2.05, 4.69) is 29.1 Å². The van der Waals surface area contributed by atoms with E-state index in [0.29, 0.717) is 40.2 Å². The SMILES string of the molecule is CC(C)NCCCn1c(Sc2cc(Cl)cc(-c3cccc([N+](=O)[O-])c3)c2)nc2c(N)ncnc21. The van der Waals surface area contributed by atoms with Gasteiger partial charge in [0.2, 0.25) is 0 Å². The van der Waals surface area contributed by atoms with Crippen LogP contribution >= 0.6 is 23.4 Å². The number of anilines is 1. The Balaban J connectivity index is 1.68. The van der Waals surface area contributed by atoms with Crippen LogP contribution in [0.25, 0.3) is 22.3 Å². The van der Waals surface area contributed by atoms with Gasteiger partial charge in [-0.1, -0.05) is 49.3 Å². The number of non-ortho nitro benzene ring substituents is 1. The molecule has 0 radical (unpaired) electrons. The Kier molecular flexibility index (Phi) is 7.30. The maximum absolute atomic E-state index is 11.2. The van der Waals surface area contributed by atoms with Crippen LogP contribution in [0.3, 0.4) is 0 Å². The van der Waals surface area contributed by atoms with Crippen LogP contribution in [0, 0.1) is 10.1 Å². The summed E-state index contributed by atoms with van der Waals surface area (Å²) in [6, 6.07) is 12.5. The van der Waals surface area contributed by atoms with Crippen LogP contribution in [0.1, 0.15) is 20.3 Å². The molecule has 176 valence electrons. The van der Waals surface area contributed by atoms with Crippen molar-refractivity contribution in [1.29, 1.82) is 0 Å². The average molecular weight is 498 g/mol. The monoisotopic (exact) mass is 497 g/mol. The summed E-state index contributed by atoms with van der Waals surface area (Å²) in [7, 11) is 0. The second-order valence-corrected chi connectivity index (χ2v) is 9.50. The predicted octanol–water partition coefficient (Wildman–Crippen LogP) is 5.18. The molecule has 2 heterocycles. The van der Waals surface area contributed by atoms with E-state index < -0.39 is 4.92 Å². The summed E-state index contributed by atoms with van der Waals surface area (Å²) in [6.45, 7) is 5.78. The highest BCUT2D eigenvalue weighted by Gasteiger charge is 2.17. The normalized spacial score (nSPS) is 11.4. The fourth-order valence-electron chi connectivity index (χ4n) is 3.53. The molecule has 11 heteroatoms. The van der Waals surface area contributed by atoms with Gasteiger partial charge in [0.25, 0.3) is 5.69 Å². The molecule has 2 aromatic carbocycles. The molecule has 0 spiro atoms. The molecule has 0 atom stereocenters. The number of aromatic nitrogens is 4. The molecule has 0 bridgehead atoms. The second-order valence-electron chi connectivity index (χ2n) is 8.02. The topological polar surface area (TPSA) is 125 Å². The number of hydrogen-bond acceptors (Lipinski definition) is 8. The van der Waals surface area contributed by atoms with Crippen LogP contribution in [0.5, 0.6) is 0 Å². The number of benzene rings is 2. The fraction of sp³-hybridized carbons (Fsp3) is 0.261.